The van der Waals surface area contributed by atoms with Crippen molar-refractivity contribution in [2.24, 2.45) is 4.99 Å². The molecule has 2 aromatic carbocycles. The number of carbonyl (C=O) groups excluding carboxylic acids is 1. The monoisotopic (exact) mass is 460 g/mol. The van der Waals surface area contributed by atoms with Crippen molar-refractivity contribution in [3.05, 3.63) is 82.2 Å². The molecule has 7 nitrogen and oxygen atoms in total. The number of Topliss-reactive ketones (excluding diaryl/α,β-unsaturated/α-hetero) is 1. The van der Waals surface area contributed by atoms with Gasteiger partial charge in [0, 0.05) is 30.0 Å². The number of aryl methyl sites for hydroxylation is 1. The third-order valence-electron chi connectivity index (χ3n) is 5.05. The van der Waals surface area contributed by atoms with Crippen molar-refractivity contribution in [2.75, 3.05) is 17.2 Å². The van der Waals surface area contributed by atoms with Crippen LogP contribution >= 0.6 is 11.6 Å². The predicted molar refractivity (Wildman–Crippen MR) is 132 cm³/mol. The molecule has 2 heterocycles. The Bertz CT molecular complexity index is 1200. The maximum absolute atomic E-state index is 12.4. The molecule has 0 saturated carbocycles. The molecule has 33 heavy (non-hydrogen) atoms. The number of nitrogens with zero attached hydrogens (tertiary/aromatic N) is 4. The minimum absolute atomic E-state index is 0.151. The number of anilines is 3. The van der Waals surface area contributed by atoms with E-state index in [1.807, 2.05) is 56.3 Å². The van der Waals surface area contributed by atoms with Crippen LogP contribution < -0.4 is 10.6 Å². The van der Waals surface area contributed by atoms with Crippen LogP contribution in [-0.2, 0) is 24.1 Å². The summed E-state index contributed by atoms with van der Waals surface area (Å²) in [5.41, 5.74) is 3.93. The smallest absolute Gasteiger partial charge is 0.233 e. The molecule has 0 spiro atoms. The SMILES string of the molecule is CCc1nc(NC2=NCC(C)=C2)nc(Nc2ccc(CC(=O)Cc3ccc(Cl)cc3)cc2)n1. The highest BCUT2D eigenvalue weighted by Gasteiger charge is 2.11. The number of hydrogen-bond donors (Lipinski definition) is 2. The lowest BCUT2D eigenvalue weighted by Gasteiger charge is -2.10. The first-order valence-corrected chi connectivity index (χ1v) is 11.2. The molecular formula is C25H25ClN6O. The van der Waals surface area contributed by atoms with Gasteiger partial charge in [0.15, 0.2) is 0 Å². The van der Waals surface area contributed by atoms with Gasteiger partial charge in [0.1, 0.15) is 17.4 Å². The van der Waals surface area contributed by atoms with E-state index in [1.54, 1.807) is 12.1 Å². The summed E-state index contributed by atoms with van der Waals surface area (Å²) in [5.74, 6) is 2.49. The lowest BCUT2D eigenvalue weighted by atomic mass is 10.0. The van der Waals surface area contributed by atoms with E-state index in [0.29, 0.717) is 48.6 Å². The summed E-state index contributed by atoms with van der Waals surface area (Å²) < 4.78 is 0. The fourth-order valence-corrected chi connectivity index (χ4v) is 3.50. The average molecular weight is 461 g/mol. The summed E-state index contributed by atoms with van der Waals surface area (Å²) in [5, 5.41) is 7.04. The topological polar surface area (TPSA) is 92.2 Å². The Kier molecular flexibility index (Phi) is 7.10. The zero-order valence-electron chi connectivity index (χ0n) is 18.6. The van der Waals surface area contributed by atoms with Crippen molar-refractivity contribution < 1.29 is 4.79 Å². The molecule has 4 rings (SSSR count). The van der Waals surface area contributed by atoms with Gasteiger partial charge in [-0.15, -0.1) is 0 Å². The number of aliphatic imine (C=N–C) groups is 1. The molecule has 3 aromatic rings. The Morgan fingerprint density at radius 2 is 1.52 bits per heavy atom. The Morgan fingerprint density at radius 1 is 0.909 bits per heavy atom. The molecule has 0 atom stereocenters. The van der Waals surface area contributed by atoms with Gasteiger partial charge in [-0.05, 0) is 54.0 Å². The maximum atomic E-state index is 12.4. The highest BCUT2D eigenvalue weighted by molar-refractivity contribution is 6.30. The van der Waals surface area contributed by atoms with Crippen molar-refractivity contribution in [2.45, 2.75) is 33.1 Å². The lowest BCUT2D eigenvalue weighted by Crippen LogP contribution is -2.13. The van der Waals surface area contributed by atoms with Crippen LogP contribution in [0, 0.1) is 0 Å². The van der Waals surface area contributed by atoms with Gasteiger partial charge in [-0.25, -0.2) is 0 Å². The summed E-state index contributed by atoms with van der Waals surface area (Å²) >= 11 is 5.91. The Labute approximate surface area is 198 Å². The van der Waals surface area contributed by atoms with E-state index in [-0.39, 0.29) is 5.78 Å². The first-order valence-electron chi connectivity index (χ1n) is 10.8. The summed E-state index contributed by atoms with van der Waals surface area (Å²) in [6, 6.07) is 15.1. The number of aromatic nitrogens is 3. The normalized spacial score (nSPS) is 12.8. The van der Waals surface area contributed by atoms with Crippen LogP contribution in [0.25, 0.3) is 0 Å². The van der Waals surface area contributed by atoms with Gasteiger partial charge in [0.25, 0.3) is 0 Å². The molecule has 0 bridgehead atoms. The van der Waals surface area contributed by atoms with Gasteiger partial charge in [0.05, 0.1) is 6.54 Å². The van der Waals surface area contributed by atoms with E-state index >= 15 is 0 Å². The van der Waals surface area contributed by atoms with Crippen molar-refractivity contribution in [3.8, 4) is 0 Å². The molecule has 1 aromatic heterocycles. The number of hydrogen-bond acceptors (Lipinski definition) is 7. The van der Waals surface area contributed by atoms with E-state index in [2.05, 4.69) is 30.6 Å². The van der Waals surface area contributed by atoms with Crippen molar-refractivity contribution >= 4 is 40.8 Å². The Balaban J connectivity index is 1.39. The number of halogens is 1. The predicted octanol–water partition coefficient (Wildman–Crippen LogP) is 4.96. The zero-order chi connectivity index (χ0) is 23.2. The van der Waals surface area contributed by atoms with Gasteiger partial charge in [0.2, 0.25) is 11.9 Å². The van der Waals surface area contributed by atoms with Gasteiger partial charge in [-0.2, -0.15) is 15.0 Å². The van der Waals surface area contributed by atoms with Crippen molar-refractivity contribution in [1.29, 1.82) is 0 Å². The fourth-order valence-electron chi connectivity index (χ4n) is 3.37. The molecular weight excluding hydrogens is 436 g/mol. The number of nitrogens with one attached hydrogen (secondary N) is 2. The third-order valence-corrected chi connectivity index (χ3v) is 5.30. The van der Waals surface area contributed by atoms with E-state index < -0.39 is 0 Å². The summed E-state index contributed by atoms with van der Waals surface area (Å²) in [6.45, 7) is 4.72. The van der Waals surface area contributed by atoms with Gasteiger partial charge in [-0.1, -0.05) is 42.8 Å². The first-order chi connectivity index (χ1) is 16.0. The second-order valence-electron chi connectivity index (χ2n) is 7.91. The first kappa shape index (κ1) is 22.6. The Hall–Kier alpha value is -3.58. The van der Waals surface area contributed by atoms with Crippen LogP contribution in [0.1, 0.15) is 30.8 Å². The van der Waals surface area contributed by atoms with Crippen LogP contribution in [0.15, 0.2) is 65.2 Å². The van der Waals surface area contributed by atoms with Crippen molar-refractivity contribution in [1.82, 2.24) is 15.0 Å². The molecule has 0 aliphatic carbocycles. The van der Waals surface area contributed by atoms with E-state index in [0.717, 1.165) is 22.6 Å². The molecule has 0 saturated heterocycles. The summed E-state index contributed by atoms with van der Waals surface area (Å²) in [7, 11) is 0. The quantitative estimate of drug-likeness (QED) is 0.493. The molecule has 0 amide bonds. The molecule has 8 heteroatoms. The highest BCUT2D eigenvalue weighted by atomic mass is 35.5. The maximum Gasteiger partial charge on any atom is 0.233 e. The molecule has 168 valence electrons. The van der Waals surface area contributed by atoms with Gasteiger partial charge < -0.3 is 10.6 Å². The molecule has 0 radical (unpaired) electrons. The fraction of sp³-hybridized carbons (Fsp3) is 0.240. The average Bonchev–Trinajstić information content (AvgIpc) is 3.21. The molecule has 1 aliphatic rings. The van der Waals surface area contributed by atoms with E-state index in [1.165, 1.54) is 5.57 Å². The number of rotatable bonds is 8. The van der Waals surface area contributed by atoms with Crippen LogP contribution in [0.3, 0.4) is 0 Å². The number of amidine groups is 1. The van der Waals surface area contributed by atoms with Crippen LogP contribution in [0.5, 0.6) is 0 Å². The summed E-state index contributed by atoms with van der Waals surface area (Å²) in [4.78, 5) is 30.2. The largest absolute Gasteiger partial charge is 0.324 e. The molecule has 0 fully saturated rings. The number of carbonyl (C=O) groups is 1. The second kappa shape index (κ2) is 10.4. The second-order valence-corrected chi connectivity index (χ2v) is 8.35. The zero-order valence-corrected chi connectivity index (χ0v) is 19.4. The van der Waals surface area contributed by atoms with E-state index in [9.17, 15) is 4.79 Å². The molecule has 2 N–H and O–H groups in total. The van der Waals surface area contributed by atoms with Gasteiger partial charge >= 0.3 is 0 Å². The number of ketones is 1. The minimum atomic E-state index is 0.151. The minimum Gasteiger partial charge on any atom is -0.324 e. The molecule has 0 unspecified atom stereocenters. The van der Waals surface area contributed by atoms with Crippen LogP contribution in [0.2, 0.25) is 5.02 Å². The van der Waals surface area contributed by atoms with Gasteiger partial charge in [-0.3, -0.25) is 9.79 Å². The summed E-state index contributed by atoms with van der Waals surface area (Å²) in [6.07, 6.45) is 3.42. The number of benzene rings is 2. The van der Waals surface area contributed by atoms with Crippen LogP contribution in [0.4, 0.5) is 17.6 Å². The van der Waals surface area contributed by atoms with Crippen LogP contribution in [-0.4, -0.2) is 33.1 Å². The highest BCUT2D eigenvalue weighted by Crippen LogP contribution is 2.17. The van der Waals surface area contributed by atoms with Crippen molar-refractivity contribution in [3.63, 3.8) is 0 Å². The molecule has 1 aliphatic heterocycles. The Morgan fingerprint density at radius 3 is 2.09 bits per heavy atom. The lowest BCUT2D eigenvalue weighted by molar-refractivity contribution is -0.117. The van der Waals surface area contributed by atoms with E-state index in [4.69, 9.17) is 11.6 Å². The third kappa shape index (κ3) is 6.46. The standard InChI is InChI=1S/C25H25ClN6O/c1-3-22-29-24(32-25(30-22)31-23-12-16(2)15-27-23)28-20-10-6-18(7-11-20)14-21(33)13-17-4-8-19(26)9-5-17/h4-12H,3,13-15H2,1-2H3,(H2,27,28,29,30,31,32).